The average Bonchev–Trinajstić information content (AvgIpc) is 2.18. The summed E-state index contributed by atoms with van der Waals surface area (Å²) in [5, 5.41) is 2.67. The van der Waals surface area contributed by atoms with Gasteiger partial charge in [-0.15, -0.1) is 0 Å². The number of benzene rings is 1. The van der Waals surface area contributed by atoms with E-state index in [1.54, 1.807) is 0 Å². The van der Waals surface area contributed by atoms with Crippen LogP contribution in [0.4, 0.5) is 5.69 Å². The predicted octanol–water partition coefficient (Wildman–Crippen LogP) is 2.68. The van der Waals surface area contributed by atoms with Gasteiger partial charge in [0.1, 0.15) is 0 Å². The number of rotatable bonds is 3. The van der Waals surface area contributed by atoms with Crippen molar-refractivity contribution < 1.29 is 4.79 Å². The van der Waals surface area contributed by atoms with E-state index in [9.17, 15) is 4.79 Å². The van der Waals surface area contributed by atoms with E-state index in [1.165, 1.54) is 0 Å². The molecule has 1 aromatic rings. The molecule has 0 aliphatic carbocycles. The van der Waals surface area contributed by atoms with Gasteiger partial charge < -0.3 is 5.32 Å². The molecule has 0 atom stereocenters. The van der Waals surface area contributed by atoms with Crippen LogP contribution in [0.3, 0.4) is 0 Å². The van der Waals surface area contributed by atoms with E-state index in [0.29, 0.717) is 6.41 Å². The molecule has 0 saturated carbocycles. The summed E-state index contributed by atoms with van der Waals surface area (Å²) >= 11 is 0. The Labute approximate surface area is 78.3 Å². The highest BCUT2D eigenvalue weighted by atomic mass is 16.1. The standard InChI is InChI=1S/C11H13NO/c1-3-9(2)10-6-4-5-7-11(10)12-8-13/h3-8H,1-2H3,(H,12,13)/b9-3+. The number of carbonyl (C=O) groups excluding carboxylic acids is 1. The normalized spacial score (nSPS) is 11.1. The predicted molar refractivity (Wildman–Crippen MR) is 55.5 cm³/mol. The second-order valence-corrected chi connectivity index (χ2v) is 2.78. The number of hydrogen-bond donors (Lipinski definition) is 1. The summed E-state index contributed by atoms with van der Waals surface area (Å²) in [6, 6.07) is 7.73. The molecule has 0 bridgehead atoms. The van der Waals surface area contributed by atoms with Crippen LogP contribution in [-0.2, 0) is 4.79 Å². The molecule has 0 unspecified atom stereocenters. The van der Waals surface area contributed by atoms with Crippen LogP contribution < -0.4 is 5.32 Å². The fourth-order valence-electron chi connectivity index (χ4n) is 1.17. The molecule has 1 N–H and O–H groups in total. The van der Waals surface area contributed by atoms with Crippen LogP contribution in [-0.4, -0.2) is 6.41 Å². The summed E-state index contributed by atoms with van der Waals surface area (Å²) in [6.07, 6.45) is 2.72. The molecule has 2 nitrogen and oxygen atoms in total. The Balaban J connectivity index is 3.11. The molecule has 68 valence electrons. The second-order valence-electron chi connectivity index (χ2n) is 2.78. The van der Waals surface area contributed by atoms with Crippen LogP contribution in [0.5, 0.6) is 0 Å². The fraction of sp³-hybridized carbons (Fsp3) is 0.182. The van der Waals surface area contributed by atoms with Gasteiger partial charge in [-0.25, -0.2) is 0 Å². The molecule has 1 rings (SSSR count). The van der Waals surface area contributed by atoms with Crippen LogP contribution in [0.2, 0.25) is 0 Å². The minimum Gasteiger partial charge on any atom is -0.328 e. The van der Waals surface area contributed by atoms with Crippen molar-refractivity contribution in [1.82, 2.24) is 0 Å². The van der Waals surface area contributed by atoms with Crippen LogP contribution in [0, 0.1) is 0 Å². The Bertz CT molecular complexity index is 329. The van der Waals surface area contributed by atoms with Gasteiger partial charge in [0.15, 0.2) is 0 Å². The molecule has 0 aromatic heterocycles. The molecule has 0 fully saturated rings. The third-order valence-electron chi connectivity index (χ3n) is 2.00. The minimum absolute atomic E-state index is 0.696. The first kappa shape index (κ1) is 9.52. The number of allylic oxidation sites excluding steroid dienone is 2. The maximum atomic E-state index is 10.3. The van der Waals surface area contributed by atoms with Crippen LogP contribution in [0.25, 0.3) is 5.57 Å². The van der Waals surface area contributed by atoms with Crippen molar-refractivity contribution >= 4 is 17.7 Å². The zero-order chi connectivity index (χ0) is 9.68. The van der Waals surface area contributed by atoms with Crippen molar-refractivity contribution in [2.75, 3.05) is 5.32 Å². The van der Waals surface area contributed by atoms with E-state index >= 15 is 0 Å². The summed E-state index contributed by atoms with van der Waals surface area (Å²) in [5.74, 6) is 0. The highest BCUT2D eigenvalue weighted by Crippen LogP contribution is 2.22. The number of hydrogen-bond acceptors (Lipinski definition) is 1. The summed E-state index contributed by atoms with van der Waals surface area (Å²) in [5.41, 5.74) is 3.08. The Morgan fingerprint density at radius 2 is 2.08 bits per heavy atom. The molecule has 0 aliphatic heterocycles. The van der Waals surface area contributed by atoms with Crippen molar-refractivity contribution in [3.63, 3.8) is 0 Å². The third-order valence-corrected chi connectivity index (χ3v) is 2.00. The number of para-hydroxylation sites is 1. The van der Waals surface area contributed by atoms with E-state index in [2.05, 4.69) is 5.32 Å². The lowest BCUT2D eigenvalue weighted by Crippen LogP contribution is -1.97. The first-order valence-corrected chi connectivity index (χ1v) is 4.22. The third kappa shape index (κ3) is 2.18. The summed E-state index contributed by atoms with van der Waals surface area (Å²) < 4.78 is 0. The molecule has 0 heterocycles. The average molecular weight is 175 g/mol. The van der Waals surface area contributed by atoms with Crippen LogP contribution in [0.1, 0.15) is 19.4 Å². The van der Waals surface area contributed by atoms with Crippen LogP contribution >= 0.6 is 0 Å². The zero-order valence-corrected chi connectivity index (χ0v) is 7.87. The molecular weight excluding hydrogens is 162 g/mol. The van der Waals surface area contributed by atoms with Gasteiger partial charge in [0.2, 0.25) is 6.41 Å². The SMILES string of the molecule is C/C=C(\C)c1ccccc1NC=O. The maximum Gasteiger partial charge on any atom is 0.211 e. The Kier molecular flexibility index (Phi) is 3.26. The van der Waals surface area contributed by atoms with E-state index in [-0.39, 0.29) is 0 Å². The molecule has 0 spiro atoms. The minimum atomic E-state index is 0.696. The first-order valence-electron chi connectivity index (χ1n) is 4.22. The molecular formula is C11H13NO. The van der Waals surface area contributed by atoms with E-state index in [0.717, 1.165) is 16.8 Å². The Hall–Kier alpha value is -1.57. The van der Waals surface area contributed by atoms with Gasteiger partial charge in [0.05, 0.1) is 0 Å². The van der Waals surface area contributed by atoms with Gasteiger partial charge in [0, 0.05) is 11.3 Å². The van der Waals surface area contributed by atoms with Gasteiger partial charge >= 0.3 is 0 Å². The molecule has 0 saturated heterocycles. The largest absolute Gasteiger partial charge is 0.328 e. The zero-order valence-electron chi connectivity index (χ0n) is 7.87. The van der Waals surface area contributed by atoms with Crippen molar-refractivity contribution in [1.29, 1.82) is 0 Å². The second kappa shape index (κ2) is 4.45. The van der Waals surface area contributed by atoms with Crippen molar-refractivity contribution in [3.8, 4) is 0 Å². The van der Waals surface area contributed by atoms with Gasteiger partial charge in [-0.1, -0.05) is 24.3 Å². The van der Waals surface area contributed by atoms with Gasteiger partial charge in [-0.3, -0.25) is 4.79 Å². The van der Waals surface area contributed by atoms with Crippen molar-refractivity contribution in [2.45, 2.75) is 13.8 Å². The topological polar surface area (TPSA) is 29.1 Å². The fourth-order valence-corrected chi connectivity index (χ4v) is 1.17. The van der Waals surface area contributed by atoms with Gasteiger partial charge in [0.25, 0.3) is 0 Å². The summed E-state index contributed by atoms with van der Waals surface area (Å²) in [4.78, 5) is 10.3. The molecule has 13 heavy (non-hydrogen) atoms. The lowest BCUT2D eigenvalue weighted by Gasteiger charge is -2.07. The maximum absolute atomic E-state index is 10.3. The Morgan fingerprint density at radius 3 is 2.69 bits per heavy atom. The summed E-state index contributed by atoms with van der Waals surface area (Å²) in [7, 11) is 0. The lowest BCUT2D eigenvalue weighted by atomic mass is 10.1. The monoisotopic (exact) mass is 175 g/mol. The number of nitrogens with one attached hydrogen (secondary N) is 1. The number of anilines is 1. The number of amides is 1. The molecule has 0 radical (unpaired) electrons. The molecule has 1 amide bonds. The van der Waals surface area contributed by atoms with E-state index < -0.39 is 0 Å². The summed E-state index contributed by atoms with van der Waals surface area (Å²) in [6.45, 7) is 4.00. The van der Waals surface area contributed by atoms with Gasteiger partial charge in [-0.2, -0.15) is 0 Å². The molecule has 1 aromatic carbocycles. The smallest absolute Gasteiger partial charge is 0.211 e. The lowest BCUT2D eigenvalue weighted by molar-refractivity contribution is -0.105. The molecule has 2 heteroatoms. The van der Waals surface area contributed by atoms with Crippen LogP contribution in [0.15, 0.2) is 30.3 Å². The van der Waals surface area contributed by atoms with Crippen molar-refractivity contribution in [3.05, 3.63) is 35.9 Å². The Morgan fingerprint density at radius 1 is 1.38 bits per heavy atom. The first-order chi connectivity index (χ1) is 6.29. The van der Waals surface area contributed by atoms with E-state index in [1.807, 2.05) is 44.2 Å². The van der Waals surface area contributed by atoms with E-state index in [4.69, 9.17) is 0 Å². The molecule has 0 aliphatic rings. The highest BCUT2D eigenvalue weighted by molar-refractivity contribution is 5.82. The highest BCUT2D eigenvalue weighted by Gasteiger charge is 2.00. The van der Waals surface area contributed by atoms with Crippen molar-refractivity contribution in [2.24, 2.45) is 0 Å². The number of carbonyl (C=O) groups is 1. The quantitative estimate of drug-likeness (QED) is 0.703. The van der Waals surface area contributed by atoms with Gasteiger partial charge in [-0.05, 0) is 25.5 Å².